The lowest BCUT2D eigenvalue weighted by molar-refractivity contribution is 0.0403. The monoisotopic (exact) mass is 266 g/mol. The van der Waals surface area contributed by atoms with Crippen LogP contribution in [0.3, 0.4) is 0 Å². The fourth-order valence-corrected chi connectivity index (χ4v) is 3.18. The highest BCUT2D eigenvalue weighted by molar-refractivity contribution is 6.31. The predicted molar refractivity (Wildman–Crippen MR) is 72.2 cm³/mol. The number of hydrogen-bond donors (Lipinski definition) is 1. The van der Waals surface area contributed by atoms with E-state index in [2.05, 4.69) is 10.3 Å². The maximum Gasteiger partial charge on any atom is 0.232 e. The van der Waals surface area contributed by atoms with Gasteiger partial charge in [-0.25, -0.2) is 4.98 Å². The van der Waals surface area contributed by atoms with E-state index < -0.39 is 0 Å². The third kappa shape index (κ3) is 2.34. The summed E-state index contributed by atoms with van der Waals surface area (Å²) < 4.78 is 5.94. The van der Waals surface area contributed by atoms with E-state index in [-0.39, 0.29) is 6.10 Å². The molecule has 4 heteroatoms. The van der Waals surface area contributed by atoms with Gasteiger partial charge in [0.05, 0.1) is 0 Å². The highest BCUT2D eigenvalue weighted by atomic mass is 35.5. The SMILES string of the molecule is Cc1cnc(OC2CCC3(CC2)CNC3)c(Cl)c1. The normalized spacial score (nSPS) is 22.8. The Morgan fingerprint density at radius 3 is 2.67 bits per heavy atom. The van der Waals surface area contributed by atoms with E-state index in [0.717, 1.165) is 18.4 Å². The molecule has 1 N–H and O–H groups in total. The smallest absolute Gasteiger partial charge is 0.232 e. The Labute approximate surface area is 113 Å². The van der Waals surface area contributed by atoms with Gasteiger partial charge in [0.15, 0.2) is 0 Å². The molecule has 1 saturated carbocycles. The van der Waals surface area contributed by atoms with E-state index >= 15 is 0 Å². The highest BCUT2D eigenvalue weighted by Crippen LogP contribution is 2.40. The lowest BCUT2D eigenvalue weighted by Gasteiger charge is -2.47. The fourth-order valence-electron chi connectivity index (χ4n) is 2.92. The average molecular weight is 267 g/mol. The first-order valence-corrected chi connectivity index (χ1v) is 7.04. The second kappa shape index (κ2) is 4.71. The van der Waals surface area contributed by atoms with Crippen molar-refractivity contribution in [1.82, 2.24) is 10.3 Å². The van der Waals surface area contributed by atoms with Crippen LogP contribution in [-0.4, -0.2) is 24.2 Å². The minimum atomic E-state index is 0.281. The lowest BCUT2D eigenvalue weighted by atomic mass is 9.69. The molecule has 2 fully saturated rings. The Kier molecular flexibility index (Phi) is 3.20. The molecule has 1 aromatic heterocycles. The van der Waals surface area contributed by atoms with Crippen molar-refractivity contribution < 1.29 is 4.74 Å². The van der Waals surface area contributed by atoms with Gasteiger partial charge in [-0.1, -0.05) is 11.6 Å². The van der Waals surface area contributed by atoms with Crippen LogP contribution in [-0.2, 0) is 0 Å². The zero-order chi connectivity index (χ0) is 12.6. The van der Waals surface area contributed by atoms with Crippen molar-refractivity contribution in [2.24, 2.45) is 5.41 Å². The van der Waals surface area contributed by atoms with Gasteiger partial charge in [0.1, 0.15) is 11.1 Å². The minimum absolute atomic E-state index is 0.281. The van der Waals surface area contributed by atoms with Gasteiger partial charge in [0.25, 0.3) is 0 Å². The van der Waals surface area contributed by atoms with Gasteiger partial charge in [0, 0.05) is 19.3 Å². The summed E-state index contributed by atoms with van der Waals surface area (Å²) in [6.45, 7) is 4.35. The summed E-state index contributed by atoms with van der Waals surface area (Å²) in [4.78, 5) is 4.28. The topological polar surface area (TPSA) is 34.1 Å². The van der Waals surface area contributed by atoms with Crippen molar-refractivity contribution in [3.63, 3.8) is 0 Å². The number of pyridine rings is 1. The van der Waals surface area contributed by atoms with Gasteiger partial charge in [-0.15, -0.1) is 0 Å². The summed E-state index contributed by atoms with van der Waals surface area (Å²) >= 11 is 6.15. The average Bonchev–Trinajstić information content (AvgIpc) is 2.32. The number of nitrogens with zero attached hydrogens (tertiary/aromatic N) is 1. The molecule has 0 atom stereocenters. The molecule has 1 aliphatic heterocycles. The predicted octanol–water partition coefficient (Wildman–Crippen LogP) is 2.95. The van der Waals surface area contributed by atoms with Gasteiger partial charge in [-0.05, 0) is 49.7 Å². The van der Waals surface area contributed by atoms with E-state index in [1.165, 1.54) is 25.9 Å². The van der Waals surface area contributed by atoms with E-state index in [1.807, 2.05) is 13.0 Å². The van der Waals surface area contributed by atoms with Crippen molar-refractivity contribution in [2.75, 3.05) is 13.1 Å². The van der Waals surface area contributed by atoms with Crippen molar-refractivity contribution in [3.05, 3.63) is 22.8 Å². The number of halogens is 1. The maximum absolute atomic E-state index is 6.15. The molecule has 3 rings (SSSR count). The molecule has 1 saturated heterocycles. The molecule has 1 aliphatic carbocycles. The van der Waals surface area contributed by atoms with E-state index in [4.69, 9.17) is 16.3 Å². The summed E-state index contributed by atoms with van der Waals surface area (Å²) in [6, 6.07) is 1.91. The number of ether oxygens (including phenoxy) is 1. The van der Waals surface area contributed by atoms with E-state index in [9.17, 15) is 0 Å². The Morgan fingerprint density at radius 2 is 2.11 bits per heavy atom. The molecule has 98 valence electrons. The molecule has 3 nitrogen and oxygen atoms in total. The Hall–Kier alpha value is -0.800. The van der Waals surface area contributed by atoms with Gasteiger partial charge in [-0.3, -0.25) is 0 Å². The second-order valence-corrected chi connectivity index (χ2v) is 6.13. The zero-order valence-corrected chi connectivity index (χ0v) is 11.5. The van der Waals surface area contributed by atoms with Crippen LogP contribution in [0.25, 0.3) is 0 Å². The summed E-state index contributed by atoms with van der Waals surface area (Å²) in [5.41, 5.74) is 1.64. The Balaban J connectivity index is 1.60. The van der Waals surface area contributed by atoms with Crippen LogP contribution in [0.15, 0.2) is 12.3 Å². The van der Waals surface area contributed by atoms with Gasteiger partial charge >= 0.3 is 0 Å². The number of rotatable bonds is 2. The number of aryl methyl sites for hydroxylation is 1. The molecule has 0 unspecified atom stereocenters. The van der Waals surface area contributed by atoms with Gasteiger partial charge < -0.3 is 10.1 Å². The third-order valence-corrected chi connectivity index (χ3v) is 4.49. The summed E-state index contributed by atoms with van der Waals surface area (Å²) in [5.74, 6) is 0.593. The van der Waals surface area contributed by atoms with Crippen molar-refractivity contribution in [1.29, 1.82) is 0 Å². The van der Waals surface area contributed by atoms with E-state index in [1.54, 1.807) is 6.20 Å². The number of hydrogen-bond acceptors (Lipinski definition) is 3. The fraction of sp³-hybridized carbons (Fsp3) is 0.643. The molecule has 0 radical (unpaired) electrons. The quantitative estimate of drug-likeness (QED) is 0.894. The molecule has 2 aliphatic rings. The minimum Gasteiger partial charge on any atom is -0.473 e. The molecule has 0 aromatic carbocycles. The molecule has 18 heavy (non-hydrogen) atoms. The zero-order valence-electron chi connectivity index (χ0n) is 10.7. The third-order valence-electron chi connectivity index (χ3n) is 4.22. The van der Waals surface area contributed by atoms with Crippen LogP contribution >= 0.6 is 11.6 Å². The molecule has 1 spiro atoms. The Bertz CT molecular complexity index is 435. The van der Waals surface area contributed by atoms with Crippen LogP contribution in [0.1, 0.15) is 31.2 Å². The first-order chi connectivity index (χ1) is 8.67. The van der Waals surface area contributed by atoms with Crippen LogP contribution < -0.4 is 10.1 Å². The molecular weight excluding hydrogens is 248 g/mol. The second-order valence-electron chi connectivity index (χ2n) is 5.72. The highest BCUT2D eigenvalue weighted by Gasteiger charge is 2.40. The van der Waals surface area contributed by atoms with E-state index in [0.29, 0.717) is 16.3 Å². The number of nitrogens with one attached hydrogen (secondary N) is 1. The van der Waals surface area contributed by atoms with Gasteiger partial charge in [-0.2, -0.15) is 0 Å². The molecule has 2 heterocycles. The molecule has 1 aromatic rings. The summed E-state index contributed by atoms with van der Waals surface area (Å²) in [7, 11) is 0. The lowest BCUT2D eigenvalue weighted by Crippen LogP contribution is -2.55. The van der Waals surface area contributed by atoms with Gasteiger partial charge in [0.2, 0.25) is 5.88 Å². The first kappa shape index (κ1) is 12.2. The largest absolute Gasteiger partial charge is 0.473 e. The van der Waals surface area contributed by atoms with Crippen LogP contribution in [0.4, 0.5) is 0 Å². The van der Waals surface area contributed by atoms with Crippen molar-refractivity contribution >= 4 is 11.6 Å². The molecular formula is C14H19ClN2O. The van der Waals surface area contributed by atoms with Crippen LogP contribution in [0.5, 0.6) is 5.88 Å². The van der Waals surface area contributed by atoms with Crippen LogP contribution in [0.2, 0.25) is 5.02 Å². The standard InChI is InChI=1S/C14H19ClN2O/c1-10-6-12(15)13(17-7-10)18-11-2-4-14(5-3-11)8-16-9-14/h6-7,11,16H,2-5,8-9H2,1H3. The Morgan fingerprint density at radius 1 is 1.39 bits per heavy atom. The summed E-state index contributed by atoms with van der Waals surface area (Å²) in [5, 5.41) is 4.00. The van der Waals surface area contributed by atoms with Crippen molar-refractivity contribution in [3.8, 4) is 5.88 Å². The number of aromatic nitrogens is 1. The summed E-state index contributed by atoms with van der Waals surface area (Å²) in [6.07, 6.45) is 6.84. The van der Waals surface area contributed by atoms with Crippen molar-refractivity contribution in [2.45, 2.75) is 38.7 Å². The maximum atomic E-state index is 6.15. The first-order valence-electron chi connectivity index (χ1n) is 6.66. The molecule has 0 bridgehead atoms. The molecule has 0 amide bonds. The van der Waals surface area contributed by atoms with Crippen LogP contribution in [0, 0.1) is 12.3 Å².